The van der Waals surface area contributed by atoms with Gasteiger partial charge in [-0.1, -0.05) is 25.0 Å². The number of aromatic nitrogens is 1. The standard InChI is InChI=1S/C16H22N2/c1-13-6-7-15-14(11-17-16(15)10-13)12-18-8-4-2-3-5-9-18/h6-7,10-11,17H,2-5,8-9,12H2,1H3. The second-order valence-corrected chi connectivity index (χ2v) is 5.55. The Morgan fingerprint density at radius 3 is 2.67 bits per heavy atom. The molecule has 2 heteroatoms. The molecule has 0 unspecified atom stereocenters. The Morgan fingerprint density at radius 2 is 1.89 bits per heavy atom. The molecule has 2 nitrogen and oxygen atoms in total. The molecule has 1 N–H and O–H groups in total. The molecule has 0 radical (unpaired) electrons. The van der Waals surface area contributed by atoms with Crippen molar-refractivity contribution >= 4 is 10.9 Å². The van der Waals surface area contributed by atoms with E-state index in [9.17, 15) is 0 Å². The Morgan fingerprint density at radius 1 is 1.11 bits per heavy atom. The summed E-state index contributed by atoms with van der Waals surface area (Å²) in [6, 6.07) is 6.71. The summed E-state index contributed by atoms with van der Waals surface area (Å²) in [5, 5.41) is 1.39. The maximum absolute atomic E-state index is 3.41. The van der Waals surface area contributed by atoms with Gasteiger partial charge in [0.05, 0.1) is 0 Å². The van der Waals surface area contributed by atoms with Crippen LogP contribution in [0.2, 0.25) is 0 Å². The van der Waals surface area contributed by atoms with Crippen LogP contribution in [-0.4, -0.2) is 23.0 Å². The van der Waals surface area contributed by atoms with Crippen molar-refractivity contribution in [1.82, 2.24) is 9.88 Å². The molecule has 0 bridgehead atoms. The summed E-state index contributed by atoms with van der Waals surface area (Å²) in [5.41, 5.74) is 4.05. The van der Waals surface area contributed by atoms with Gasteiger partial charge >= 0.3 is 0 Å². The van der Waals surface area contributed by atoms with Crippen molar-refractivity contribution in [3.63, 3.8) is 0 Å². The minimum absolute atomic E-state index is 1.10. The fourth-order valence-electron chi connectivity index (χ4n) is 2.97. The quantitative estimate of drug-likeness (QED) is 0.847. The second-order valence-electron chi connectivity index (χ2n) is 5.55. The van der Waals surface area contributed by atoms with Gasteiger partial charge in [-0.25, -0.2) is 0 Å². The van der Waals surface area contributed by atoms with Crippen LogP contribution in [0.3, 0.4) is 0 Å². The van der Waals surface area contributed by atoms with Gasteiger partial charge in [-0.3, -0.25) is 4.90 Å². The van der Waals surface area contributed by atoms with Gasteiger partial charge < -0.3 is 4.98 Å². The predicted molar refractivity (Wildman–Crippen MR) is 76.8 cm³/mol. The van der Waals surface area contributed by atoms with E-state index in [-0.39, 0.29) is 0 Å². The summed E-state index contributed by atoms with van der Waals surface area (Å²) < 4.78 is 0. The van der Waals surface area contributed by atoms with Crippen LogP contribution < -0.4 is 0 Å². The minimum Gasteiger partial charge on any atom is -0.361 e. The molecule has 1 aromatic heterocycles. The van der Waals surface area contributed by atoms with Gasteiger partial charge in [-0.15, -0.1) is 0 Å². The third-order valence-electron chi connectivity index (χ3n) is 4.02. The Labute approximate surface area is 109 Å². The van der Waals surface area contributed by atoms with Gasteiger partial charge in [-0.05, 0) is 50.0 Å². The maximum Gasteiger partial charge on any atom is 0.0459 e. The Bertz CT molecular complexity index is 519. The Balaban J connectivity index is 1.81. The zero-order chi connectivity index (χ0) is 12.4. The van der Waals surface area contributed by atoms with Gasteiger partial charge in [0, 0.05) is 23.6 Å². The summed E-state index contributed by atoms with van der Waals surface area (Å²) in [4.78, 5) is 6.01. The van der Waals surface area contributed by atoms with Crippen molar-refractivity contribution in [2.24, 2.45) is 0 Å². The van der Waals surface area contributed by atoms with Crippen molar-refractivity contribution in [2.45, 2.75) is 39.2 Å². The predicted octanol–water partition coefficient (Wildman–Crippen LogP) is 3.85. The molecule has 1 aromatic carbocycles. The summed E-state index contributed by atoms with van der Waals surface area (Å²) in [6.07, 6.45) is 7.73. The zero-order valence-corrected chi connectivity index (χ0v) is 11.2. The minimum atomic E-state index is 1.10. The summed E-state index contributed by atoms with van der Waals surface area (Å²) >= 11 is 0. The molecule has 1 saturated heterocycles. The molecule has 0 aliphatic carbocycles. The first-order valence-electron chi connectivity index (χ1n) is 7.12. The average molecular weight is 242 g/mol. The molecule has 0 spiro atoms. The van der Waals surface area contributed by atoms with Crippen LogP contribution in [-0.2, 0) is 6.54 Å². The average Bonchev–Trinajstić information content (AvgIpc) is 2.59. The molecule has 1 fully saturated rings. The highest BCUT2D eigenvalue weighted by Crippen LogP contribution is 2.22. The van der Waals surface area contributed by atoms with Gasteiger partial charge in [0.1, 0.15) is 0 Å². The van der Waals surface area contributed by atoms with Gasteiger partial charge in [-0.2, -0.15) is 0 Å². The number of likely N-dealkylation sites (tertiary alicyclic amines) is 1. The molecular weight excluding hydrogens is 220 g/mol. The number of hydrogen-bond donors (Lipinski definition) is 1. The normalized spacial score (nSPS) is 18.1. The molecule has 2 heterocycles. The molecule has 0 saturated carbocycles. The molecule has 2 aromatic rings. The van der Waals surface area contributed by atoms with Gasteiger partial charge in [0.2, 0.25) is 0 Å². The van der Waals surface area contributed by atoms with Crippen LogP contribution in [0.1, 0.15) is 36.8 Å². The van der Waals surface area contributed by atoms with Crippen LogP contribution >= 0.6 is 0 Å². The third kappa shape index (κ3) is 2.44. The van der Waals surface area contributed by atoms with Crippen molar-refractivity contribution < 1.29 is 0 Å². The number of rotatable bonds is 2. The number of fused-ring (bicyclic) bond motifs is 1. The van der Waals surface area contributed by atoms with E-state index in [0.29, 0.717) is 0 Å². The van der Waals surface area contributed by atoms with Crippen LogP contribution in [0.5, 0.6) is 0 Å². The number of benzene rings is 1. The number of nitrogens with zero attached hydrogens (tertiary/aromatic N) is 1. The number of H-pyrrole nitrogens is 1. The van der Waals surface area contributed by atoms with E-state index >= 15 is 0 Å². The van der Waals surface area contributed by atoms with E-state index in [1.165, 1.54) is 60.8 Å². The highest BCUT2D eigenvalue weighted by atomic mass is 15.1. The Hall–Kier alpha value is -1.28. The molecule has 3 rings (SSSR count). The zero-order valence-electron chi connectivity index (χ0n) is 11.2. The highest BCUT2D eigenvalue weighted by Gasteiger charge is 2.11. The number of hydrogen-bond acceptors (Lipinski definition) is 1. The third-order valence-corrected chi connectivity index (χ3v) is 4.02. The number of nitrogens with one attached hydrogen (secondary N) is 1. The van der Waals surface area contributed by atoms with E-state index in [1.54, 1.807) is 0 Å². The van der Waals surface area contributed by atoms with E-state index in [1.807, 2.05) is 0 Å². The Kier molecular flexibility index (Phi) is 3.37. The fraction of sp³-hybridized carbons (Fsp3) is 0.500. The van der Waals surface area contributed by atoms with Crippen LogP contribution in [0.15, 0.2) is 24.4 Å². The first-order valence-corrected chi connectivity index (χ1v) is 7.12. The summed E-state index contributed by atoms with van der Waals surface area (Å²) in [6.45, 7) is 5.77. The van der Waals surface area contributed by atoms with E-state index in [4.69, 9.17) is 0 Å². The molecule has 1 aliphatic heterocycles. The number of aryl methyl sites for hydroxylation is 1. The first-order chi connectivity index (χ1) is 8.83. The van der Waals surface area contributed by atoms with Crippen molar-refractivity contribution in [2.75, 3.05) is 13.1 Å². The van der Waals surface area contributed by atoms with Crippen molar-refractivity contribution in [1.29, 1.82) is 0 Å². The highest BCUT2D eigenvalue weighted by molar-refractivity contribution is 5.83. The summed E-state index contributed by atoms with van der Waals surface area (Å²) in [5.74, 6) is 0. The summed E-state index contributed by atoms with van der Waals surface area (Å²) in [7, 11) is 0. The molecular formula is C16H22N2. The lowest BCUT2D eigenvalue weighted by atomic mass is 10.1. The first kappa shape index (κ1) is 11.8. The van der Waals surface area contributed by atoms with E-state index in [0.717, 1.165) is 6.54 Å². The SMILES string of the molecule is Cc1ccc2c(CN3CCCCCC3)c[nH]c2c1. The number of aromatic amines is 1. The fourth-order valence-corrected chi connectivity index (χ4v) is 2.97. The van der Waals surface area contributed by atoms with Crippen LogP contribution in [0.25, 0.3) is 10.9 Å². The topological polar surface area (TPSA) is 19.0 Å². The molecule has 96 valence electrons. The second kappa shape index (κ2) is 5.15. The van der Waals surface area contributed by atoms with E-state index < -0.39 is 0 Å². The monoisotopic (exact) mass is 242 g/mol. The molecule has 18 heavy (non-hydrogen) atoms. The van der Waals surface area contributed by atoms with Gasteiger partial charge in [0.15, 0.2) is 0 Å². The largest absolute Gasteiger partial charge is 0.361 e. The molecule has 0 amide bonds. The molecule has 1 aliphatic rings. The lowest BCUT2D eigenvalue weighted by molar-refractivity contribution is 0.278. The maximum atomic E-state index is 3.41. The van der Waals surface area contributed by atoms with Gasteiger partial charge in [0.25, 0.3) is 0 Å². The van der Waals surface area contributed by atoms with E-state index in [2.05, 4.69) is 41.2 Å². The van der Waals surface area contributed by atoms with Crippen LogP contribution in [0, 0.1) is 6.92 Å². The van der Waals surface area contributed by atoms with Crippen LogP contribution in [0.4, 0.5) is 0 Å². The van der Waals surface area contributed by atoms with Crippen molar-refractivity contribution in [3.05, 3.63) is 35.5 Å². The lowest BCUT2D eigenvalue weighted by Crippen LogP contribution is -2.23. The molecule has 0 atom stereocenters. The lowest BCUT2D eigenvalue weighted by Gasteiger charge is -2.19. The van der Waals surface area contributed by atoms with Crippen molar-refractivity contribution in [3.8, 4) is 0 Å². The smallest absolute Gasteiger partial charge is 0.0459 e.